The van der Waals surface area contributed by atoms with Gasteiger partial charge in [0.1, 0.15) is 0 Å². The zero-order chi connectivity index (χ0) is 13.1. The molecular weight excluding hydrogens is 310 g/mol. The van der Waals surface area contributed by atoms with Crippen LogP contribution >= 0.6 is 27.5 Å². The molecule has 0 fully saturated rings. The first-order valence-corrected chi connectivity index (χ1v) is 7.13. The first-order chi connectivity index (χ1) is 8.59. The number of hydrogen-bond donors (Lipinski definition) is 0. The number of hydrogen-bond acceptors (Lipinski definition) is 1. The third-order valence-electron chi connectivity index (χ3n) is 3.05. The normalized spacial score (nSPS) is 14.2. The third-order valence-corrected chi connectivity index (χ3v) is 4.35. The van der Waals surface area contributed by atoms with Crippen molar-refractivity contribution in [2.45, 2.75) is 25.1 Å². The van der Waals surface area contributed by atoms with Gasteiger partial charge in [-0.15, -0.1) is 11.6 Å². The molecule has 0 aliphatic heterocycles. The van der Waals surface area contributed by atoms with E-state index in [0.717, 1.165) is 15.7 Å². The van der Waals surface area contributed by atoms with Crippen molar-refractivity contribution in [3.05, 3.63) is 63.9 Å². The number of halogens is 2. The van der Waals surface area contributed by atoms with Gasteiger partial charge >= 0.3 is 0 Å². The highest BCUT2D eigenvalue weighted by atomic mass is 79.9. The van der Waals surface area contributed by atoms with Gasteiger partial charge in [-0.25, -0.2) is 0 Å². The van der Waals surface area contributed by atoms with Gasteiger partial charge < -0.3 is 0 Å². The Hall–Kier alpha value is -0.860. The lowest BCUT2D eigenvalue weighted by molar-refractivity contribution is 0.704. The number of nitrogens with zero attached hydrogens (tertiary/aromatic N) is 1. The zero-order valence-corrected chi connectivity index (χ0v) is 12.7. The number of alkyl halides is 1. The van der Waals surface area contributed by atoms with Gasteiger partial charge in [0.15, 0.2) is 0 Å². The van der Waals surface area contributed by atoms with Crippen LogP contribution in [-0.4, -0.2) is 4.98 Å². The second-order valence-corrected chi connectivity index (χ2v) is 5.79. The molecule has 0 spiro atoms. The monoisotopic (exact) mass is 323 g/mol. The van der Waals surface area contributed by atoms with Crippen LogP contribution in [0.1, 0.15) is 35.0 Å². The van der Waals surface area contributed by atoms with Crippen LogP contribution in [0.25, 0.3) is 0 Å². The van der Waals surface area contributed by atoms with E-state index in [2.05, 4.69) is 53.0 Å². The lowest BCUT2D eigenvalue weighted by Gasteiger charge is -2.19. The maximum Gasteiger partial charge on any atom is 0.0677 e. The molecule has 2 aromatic rings. The largest absolute Gasteiger partial charge is 0.261 e. The zero-order valence-electron chi connectivity index (χ0n) is 10.4. The van der Waals surface area contributed by atoms with E-state index in [9.17, 15) is 0 Å². The Morgan fingerprint density at radius 3 is 2.61 bits per heavy atom. The Kier molecular flexibility index (Phi) is 4.41. The van der Waals surface area contributed by atoms with Crippen molar-refractivity contribution in [1.82, 2.24) is 4.98 Å². The summed E-state index contributed by atoms with van der Waals surface area (Å²) in [4.78, 5) is 4.37. The van der Waals surface area contributed by atoms with Gasteiger partial charge in [0, 0.05) is 22.3 Å². The summed E-state index contributed by atoms with van der Waals surface area (Å²) in [7, 11) is 0. The Morgan fingerprint density at radius 2 is 2.00 bits per heavy atom. The van der Waals surface area contributed by atoms with Crippen LogP contribution in [0.2, 0.25) is 0 Å². The molecule has 0 saturated heterocycles. The first-order valence-electron chi connectivity index (χ1n) is 5.90. The molecule has 0 saturated carbocycles. The molecule has 3 heteroatoms. The summed E-state index contributed by atoms with van der Waals surface area (Å²) in [6.45, 7) is 4.17. The number of rotatable bonds is 3. The minimum atomic E-state index is -0.0881. The summed E-state index contributed by atoms with van der Waals surface area (Å²) in [6, 6.07) is 12.2. The first kappa shape index (κ1) is 13.6. The molecule has 18 heavy (non-hydrogen) atoms. The highest BCUT2D eigenvalue weighted by molar-refractivity contribution is 9.10. The molecular formula is C15H15BrClN. The second kappa shape index (κ2) is 5.85. The predicted molar refractivity (Wildman–Crippen MR) is 80.1 cm³/mol. The van der Waals surface area contributed by atoms with E-state index in [1.54, 1.807) is 6.20 Å². The van der Waals surface area contributed by atoms with E-state index in [4.69, 9.17) is 11.6 Å². The molecule has 0 aliphatic rings. The van der Waals surface area contributed by atoms with E-state index < -0.39 is 0 Å². The molecule has 0 amide bonds. The fourth-order valence-corrected chi connectivity index (χ4v) is 3.11. The maximum atomic E-state index is 6.58. The lowest BCUT2D eigenvalue weighted by atomic mass is 9.96. The minimum Gasteiger partial charge on any atom is -0.261 e. The quantitative estimate of drug-likeness (QED) is 0.704. The Balaban J connectivity index is 2.28. The van der Waals surface area contributed by atoms with Crippen molar-refractivity contribution in [3.8, 4) is 0 Å². The van der Waals surface area contributed by atoms with Crippen LogP contribution in [0.5, 0.6) is 0 Å². The van der Waals surface area contributed by atoms with Gasteiger partial charge in [-0.05, 0) is 36.2 Å². The van der Waals surface area contributed by atoms with Gasteiger partial charge in [0.2, 0.25) is 0 Å². The minimum absolute atomic E-state index is 0.0881. The van der Waals surface area contributed by atoms with E-state index in [1.807, 2.05) is 18.2 Å². The summed E-state index contributed by atoms with van der Waals surface area (Å²) in [6.07, 6.45) is 1.81. The van der Waals surface area contributed by atoms with Crippen LogP contribution in [-0.2, 0) is 0 Å². The molecule has 0 N–H and O–H groups in total. The molecule has 94 valence electrons. The van der Waals surface area contributed by atoms with Crippen LogP contribution in [0.4, 0.5) is 0 Å². The van der Waals surface area contributed by atoms with Crippen molar-refractivity contribution in [2.24, 2.45) is 0 Å². The highest BCUT2D eigenvalue weighted by Gasteiger charge is 2.21. The van der Waals surface area contributed by atoms with Gasteiger partial charge in [-0.1, -0.05) is 41.1 Å². The molecule has 0 aliphatic carbocycles. The number of benzene rings is 1. The van der Waals surface area contributed by atoms with Gasteiger partial charge in [0.05, 0.1) is 5.38 Å². The van der Waals surface area contributed by atoms with Crippen LogP contribution in [0, 0.1) is 6.92 Å². The SMILES string of the molecule is Cc1ccc(C(Cl)C(C)c2ccccn2)c(Br)c1. The average molecular weight is 325 g/mol. The number of aryl methyl sites for hydroxylation is 1. The molecule has 2 atom stereocenters. The van der Waals surface area contributed by atoms with Crippen molar-refractivity contribution in [3.63, 3.8) is 0 Å². The van der Waals surface area contributed by atoms with Crippen molar-refractivity contribution in [2.75, 3.05) is 0 Å². The molecule has 0 bridgehead atoms. The van der Waals surface area contributed by atoms with E-state index in [0.29, 0.717) is 0 Å². The Bertz CT molecular complexity index is 527. The smallest absolute Gasteiger partial charge is 0.0677 e. The summed E-state index contributed by atoms with van der Waals surface area (Å²) in [5.41, 5.74) is 3.35. The Morgan fingerprint density at radius 1 is 1.22 bits per heavy atom. The highest BCUT2D eigenvalue weighted by Crippen LogP contribution is 2.38. The fraction of sp³-hybridized carbons (Fsp3) is 0.267. The van der Waals surface area contributed by atoms with E-state index >= 15 is 0 Å². The average Bonchev–Trinajstić information content (AvgIpc) is 2.38. The lowest BCUT2D eigenvalue weighted by Crippen LogP contribution is -2.05. The van der Waals surface area contributed by atoms with E-state index in [-0.39, 0.29) is 11.3 Å². The van der Waals surface area contributed by atoms with Crippen molar-refractivity contribution < 1.29 is 0 Å². The van der Waals surface area contributed by atoms with Crippen LogP contribution < -0.4 is 0 Å². The van der Waals surface area contributed by atoms with Crippen LogP contribution in [0.3, 0.4) is 0 Å². The molecule has 1 nitrogen and oxygen atoms in total. The molecule has 1 heterocycles. The molecule has 2 unspecified atom stereocenters. The summed E-state index contributed by atoms with van der Waals surface area (Å²) >= 11 is 10.2. The Labute approximate surface area is 121 Å². The topological polar surface area (TPSA) is 12.9 Å². The van der Waals surface area contributed by atoms with Crippen molar-refractivity contribution >= 4 is 27.5 Å². The predicted octanol–water partition coefficient (Wildman–Crippen LogP) is 5.24. The molecule has 2 rings (SSSR count). The van der Waals surface area contributed by atoms with Gasteiger partial charge in [0.25, 0.3) is 0 Å². The maximum absolute atomic E-state index is 6.58. The van der Waals surface area contributed by atoms with Gasteiger partial charge in [-0.3, -0.25) is 4.98 Å². The molecule has 1 aromatic heterocycles. The summed E-state index contributed by atoms with van der Waals surface area (Å²) in [5.74, 6) is 0.173. The van der Waals surface area contributed by atoms with Crippen LogP contribution in [0.15, 0.2) is 47.1 Å². The second-order valence-electron chi connectivity index (χ2n) is 4.47. The summed E-state index contributed by atoms with van der Waals surface area (Å²) in [5, 5.41) is -0.0881. The fourth-order valence-electron chi connectivity index (χ4n) is 1.92. The number of pyridine rings is 1. The van der Waals surface area contributed by atoms with E-state index in [1.165, 1.54) is 5.56 Å². The van der Waals surface area contributed by atoms with Gasteiger partial charge in [-0.2, -0.15) is 0 Å². The molecule has 1 aromatic carbocycles. The standard InChI is InChI=1S/C15H15BrClN/c1-10-6-7-12(13(16)9-10)15(17)11(2)14-5-3-4-8-18-14/h3-9,11,15H,1-2H3. The van der Waals surface area contributed by atoms with Crippen molar-refractivity contribution in [1.29, 1.82) is 0 Å². The summed E-state index contributed by atoms with van der Waals surface area (Å²) < 4.78 is 1.06. The number of aromatic nitrogens is 1. The molecule has 0 radical (unpaired) electrons. The third kappa shape index (κ3) is 2.93.